The van der Waals surface area contributed by atoms with E-state index < -0.39 is 18.3 Å². The fourth-order valence-corrected chi connectivity index (χ4v) is 2.46. The van der Waals surface area contributed by atoms with Gasteiger partial charge < -0.3 is 18.8 Å². The first-order chi connectivity index (χ1) is 9.73. The van der Waals surface area contributed by atoms with Crippen molar-refractivity contribution < 1.29 is 18.8 Å². The van der Waals surface area contributed by atoms with Crippen LogP contribution in [0.4, 0.5) is 0 Å². The molecule has 1 aliphatic heterocycles. The average Bonchev–Trinajstić information content (AvgIpc) is 2.61. The molecule has 21 heavy (non-hydrogen) atoms. The van der Waals surface area contributed by atoms with E-state index in [1.165, 1.54) is 0 Å². The lowest BCUT2D eigenvalue weighted by Gasteiger charge is -2.32. The number of methoxy groups -OCH3 is 1. The smallest absolute Gasteiger partial charge is 0.495 e. The second-order valence-electron chi connectivity index (χ2n) is 6.02. The maximum absolute atomic E-state index is 6.35. The minimum atomic E-state index is -0.514. The molecule has 0 unspecified atom stereocenters. The van der Waals surface area contributed by atoms with Crippen molar-refractivity contribution in [2.75, 3.05) is 13.7 Å². The molecule has 2 rings (SSSR count). The second kappa shape index (κ2) is 5.71. The summed E-state index contributed by atoms with van der Waals surface area (Å²) in [6.45, 7) is 10.5. The van der Waals surface area contributed by atoms with E-state index in [9.17, 15) is 0 Å². The molecule has 1 aromatic carbocycles. The summed E-state index contributed by atoms with van der Waals surface area (Å²) in [6, 6.07) is 3.67. The lowest BCUT2D eigenvalue weighted by molar-refractivity contribution is 0.00578. The summed E-state index contributed by atoms with van der Waals surface area (Å²) in [5.74, 6) is 1.12. The maximum Gasteiger partial charge on any atom is 0.498 e. The Hall–Kier alpha value is -0.905. The number of hydrogen-bond donors (Lipinski definition) is 0. The van der Waals surface area contributed by atoms with Gasteiger partial charge in [0.15, 0.2) is 0 Å². The van der Waals surface area contributed by atoms with Gasteiger partial charge in [-0.3, -0.25) is 0 Å². The molecule has 0 saturated carbocycles. The van der Waals surface area contributed by atoms with E-state index >= 15 is 0 Å². The van der Waals surface area contributed by atoms with Gasteiger partial charge in [-0.15, -0.1) is 0 Å². The monoisotopic (exact) mass is 312 g/mol. The van der Waals surface area contributed by atoms with E-state index in [-0.39, 0.29) is 0 Å². The third-order valence-corrected chi connectivity index (χ3v) is 4.47. The predicted molar refractivity (Wildman–Crippen MR) is 84.9 cm³/mol. The topological polar surface area (TPSA) is 36.9 Å². The molecule has 0 spiro atoms. The van der Waals surface area contributed by atoms with Crippen molar-refractivity contribution in [2.24, 2.45) is 0 Å². The lowest BCUT2D eigenvalue weighted by atomic mass is 9.78. The lowest BCUT2D eigenvalue weighted by Crippen LogP contribution is -2.41. The quantitative estimate of drug-likeness (QED) is 0.801. The molecule has 1 heterocycles. The number of ether oxygens (including phenoxy) is 2. The normalized spacial score (nSPS) is 19.7. The minimum absolute atomic E-state index is 0.409. The fourth-order valence-electron chi connectivity index (χ4n) is 2.16. The van der Waals surface area contributed by atoms with Crippen LogP contribution >= 0.6 is 11.6 Å². The Morgan fingerprint density at radius 1 is 1.14 bits per heavy atom. The Labute approximate surface area is 131 Å². The molecule has 0 bridgehead atoms. The number of halogens is 1. The summed E-state index contributed by atoms with van der Waals surface area (Å²) in [6.07, 6.45) is 0. The van der Waals surface area contributed by atoms with E-state index in [1.807, 2.05) is 40.7 Å². The zero-order valence-corrected chi connectivity index (χ0v) is 14.2. The van der Waals surface area contributed by atoms with E-state index in [2.05, 4.69) is 0 Å². The van der Waals surface area contributed by atoms with E-state index in [0.717, 1.165) is 5.46 Å². The molecular weight excluding hydrogens is 290 g/mol. The molecule has 1 saturated heterocycles. The molecule has 4 nitrogen and oxygen atoms in total. The molecule has 0 aromatic heterocycles. The van der Waals surface area contributed by atoms with Gasteiger partial charge in [-0.05, 0) is 40.7 Å². The van der Waals surface area contributed by atoms with Gasteiger partial charge in [0.2, 0.25) is 0 Å². The van der Waals surface area contributed by atoms with Crippen molar-refractivity contribution in [2.45, 2.75) is 45.8 Å². The van der Waals surface area contributed by atoms with E-state index in [0.29, 0.717) is 23.1 Å². The van der Waals surface area contributed by atoms with Crippen LogP contribution < -0.4 is 14.9 Å². The predicted octanol–water partition coefficient (Wildman–Crippen LogP) is 3.05. The third-order valence-electron chi connectivity index (χ3n) is 4.11. The molecule has 1 aromatic rings. The Bertz CT molecular complexity index is 515. The van der Waals surface area contributed by atoms with Gasteiger partial charge in [-0.25, -0.2) is 0 Å². The summed E-state index contributed by atoms with van der Waals surface area (Å²) in [4.78, 5) is 0. The van der Waals surface area contributed by atoms with Gasteiger partial charge in [-0.2, -0.15) is 0 Å². The molecule has 0 aliphatic carbocycles. The highest BCUT2D eigenvalue weighted by Gasteiger charge is 2.52. The summed E-state index contributed by atoms with van der Waals surface area (Å²) in [5.41, 5.74) is -0.0394. The van der Waals surface area contributed by atoms with Crippen LogP contribution in [0, 0.1) is 0 Å². The highest BCUT2D eigenvalue weighted by atomic mass is 35.5. The zero-order valence-electron chi connectivity index (χ0n) is 13.5. The molecule has 6 heteroatoms. The SMILES string of the molecule is CCOc1c(B2OC(C)(C)C(C)(C)O2)ccc(OC)c1Cl. The van der Waals surface area contributed by atoms with Crippen molar-refractivity contribution in [3.05, 3.63) is 17.2 Å². The van der Waals surface area contributed by atoms with Gasteiger partial charge >= 0.3 is 7.12 Å². The molecule has 0 amide bonds. The Balaban J connectivity index is 2.43. The van der Waals surface area contributed by atoms with Gasteiger partial charge in [0.1, 0.15) is 16.5 Å². The van der Waals surface area contributed by atoms with Gasteiger partial charge in [0, 0.05) is 5.46 Å². The standard InChI is InChI=1S/C15H22BClO4/c1-7-19-13-10(8-9-11(18-6)12(13)17)16-20-14(2,3)15(4,5)21-16/h8-9H,7H2,1-6H3. The second-order valence-corrected chi connectivity index (χ2v) is 6.40. The summed E-state index contributed by atoms with van der Waals surface area (Å²) >= 11 is 6.35. The first-order valence-corrected chi connectivity index (χ1v) is 7.46. The summed E-state index contributed by atoms with van der Waals surface area (Å²) in [5, 5.41) is 0.437. The molecule has 0 N–H and O–H groups in total. The van der Waals surface area contributed by atoms with E-state index in [4.69, 9.17) is 30.4 Å². The van der Waals surface area contributed by atoms with Crippen LogP contribution in [0.25, 0.3) is 0 Å². The Morgan fingerprint density at radius 3 is 2.19 bits per heavy atom. The van der Waals surface area contributed by atoms with Crippen molar-refractivity contribution >= 4 is 24.2 Å². The Kier molecular flexibility index (Phi) is 4.48. The first-order valence-electron chi connectivity index (χ1n) is 7.08. The summed E-state index contributed by atoms with van der Waals surface area (Å²) in [7, 11) is 1.06. The number of hydrogen-bond acceptors (Lipinski definition) is 4. The van der Waals surface area contributed by atoms with Crippen LogP contribution in [0.3, 0.4) is 0 Å². The van der Waals surface area contributed by atoms with Gasteiger partial charge in [0.05, 0.1) is 24.9 Å². The molecule has 1 aliphatic rings. The minimum Gasteiger partial charge on any atom is -0.495 e. The molecular formula is C15H22BClO4. The average molecular weight is 313 g/mol. The molecule has 116 valence electrons. The van der Waals surface area contributed by atoms with Crippen molar-refractivity contribution in [1.82, 2.24) is 0 Å². The van der Waals surface area contributed by atoms with Crippen LogP contribution in [0.15, 0.2) is 12.1 Å². The fraction of sp³-hybridized carbons (Fsp3) is 0.600. The van der Waals surface area contributed by atoms with Crippen LogP contribution in [0.1, 0.15) is 34.6 Å². The maximum atomic E-state index is 6.35. The number of benzene rings is 1. The van der Waals surface area contributed by atoms with Crippen molar-refractivity contribution in [1.29, 1.82) is 0 Å². The number of rotatable bonds is 4. The van der Waals surface area contributed by atoms with Crippen molar-refractivity contribution in [3.63, 3.8) is 0 Å². The highest BCUT2D eigenvalue weighted by Crippen LogP contribution is 2.39. The van der Waals surface area contributed by atoms with Crippen LogP contribution in [0.5, 0.6) is 11.5 Å². The largest absolute Gasteiger partial charge is 0.498 e. The highest BCUT2D eigenvalue weighted by molar-refractivity contribution is 6.63. The Morgan fingerprint density at radius 2 is 1.71 bits per heavy atom. The molecule has 1 fully saturated rings. The van der Waals surface area contributed by atoms with Crippen LogP contribution in [0.2, 0.25) is 5.02 Å². The van der Waals surface area contributed by atoms with Crippen LogP contribution in [-0.4, -0.2) is 32.0 Å². The summed E-state index contributed by atoms with van der Waals surface area (Å²) < 4.78 is 23.1. The molecule has 0 atom stereocenters. The van der Waals surface area contributed by atoms with E-state index in [1.54, 1.807) is 13.2 Å². The first kappa shape index (κ1) is 16.5. The van der Waals surface area contributed by atoms with Crippen molar-refractivity contribution in [3.8, 4) is 11.5 Å². The third kappa shape index (κ3) is 2.87. The van der Waals surface area contributed by atoms with Gasteiger partial charge in [0.25, 0.3) is 0 Å². The van der Waals surface area contributed by atoms with Gasteiger partial charge in [-0.1, -0.05) is 17.7 Å². The van der Waals surface area contributed by atoms with Crippen LogP contribution in [-0.2, 0) is 9.31 Å². The zero-order chi connectivity index (χ0) is 15.8. The molecule has 0 radical (unpaired) electrons.